The monoisotopic (exact) mass is 190 g/mol. The molecule has 0 aliphatic rings. The van der Waals surface area contributed by atoms with Crippen molar-refractivity contribution in [2.75, 3.05) is 5.43 Å². The predicted octanol–water partition coefficient (Wildman–Crippen LogP) is 3.09. The summed E-state index contributed by atoms with van der Waals surface area (Å²) in [4.78, 5) is 9.73. The predicted molar refractivity (Wildman–Crippen MR) is 45.9 cm³/mol. The van der Waals surface area contributed by atoms with Crippen LogP contribution in [0.2, 0.25) is 10.0 Å². The lowest BCUT2D eigenvalue weighted by molar-refractivity contribution is 1.32. The molecule has 0 heterocycles. The van der Waals surface area contributed by atoms with E-state index in [4.69, 9.17) is 23.2 Å². The second-order valence-electron chi connectivity index (χ2n) is 1.83. The molecular formula is C6H4Cl2N2O. The number of hydrogen-bond donors (Lipinski definition) is 1. The van der Waals surface area contributed by atoms with Crippen LogP contribution >= 0.6 is 23.2 Å². The minimum atomic E-state index is 0.389. The standard InChI is InChI=1S/C6H4Cl2N2O/c7-5-2-1-4(9-10-11)3-6(5)8/h1-3H,(H,9,11). The van der Waals surface area contributed by atoms with Crippen molar-refractivity contribution < 1.29 is 0 Å². The van der Waals surface area contributed by atoms with Gasteiger partial charge in [0.15, 0.2) is 0 Å². The summed E-state index contributed by atoms with van der Waals surface area (Å²) < 4.78 is 0. The van der Waals surface area contributed by atoms with E-state index in [2.05, 4.69) is 10.7 Å². The maximum Gasteiger partial charge on any atom is 0.0613 e. The quantitative estimate of drug-likeness (QED) is 0.576. The van der Waals surface area contributed by atoms with Gasteiger partial charge in [-0.05, 0) is 18.2 Å². The Bertz CT molecular complexity index is 277. The molecule has 1 aromatic carbocycles. The van der Waals surface area contributed by atoms with E-state index >= 15 is 0 Å². The molecule has 0 fully saturated rings. The van der Waals surface area contributed by atoms with Crippen molar-refractivity contribution in [2.45, 2.75) is 0 Å². The highest BCUT2D eigenvalue weighted by Gasteiger charge is 1.97. The molecule has 0 aliphatic carbocycles. The molecule has 0 aromatic heterocycles. The third kappa shape index (κ3) is 2.06. The van der Waals surface area contributed by atoms with Gasteiger partial charge < -0.3 is 0 Å². The molecule has 0 bridgehead atoms. The number of hydrogen-bond acceptors (Lipinski definition) is 2. The Balaban J connectivity index is 2.95. The van der Waals surface area contributed by atoms with Crippen LogP contribution in [0.25, 0.3) is 0 Å². The first-order valence-corrected chi connectivity index (χ1v) is 3.53. The van der Waals surface area contributed by atoms with Gasteiger partial charge in [0.1, 0.15) is 0 Å². The molecule has 1 rings (SSSR count). The molecule has 0 radical (unpaired) electrons. The van der Waals surface area contributed by atoms with Crippen LogP contribution in [0.1, 0.15) is 0 Å². The van der Waals surface area contributed by atoms with Crippen LogP contribution in [0, 0.1) is 4.91 Å². The molecule has 0 unspecified atom stereocenters. The maximum atomic E-state index is 9.73. The first-order chi connectivity index (χ1) is 5.24. The van der Waals surface area contributed by atoms with Gasteiger partial charge in [0.2, 0.25) is 0 Å². The molecule has 3 nitrogen and oxygen atoms in total. The van der Waals surface area contributed by atoms with Gasteiger partial charge >= 0.3 is 0 Å². The molecule has 0 saturated heterocycles. The third-order valence-electron chi connectivity index (χ3n) is 1.09. The molecule has 5 heteroatoms. The number of rotatable bonds is 2. The van der Waals surface area contributed by atoms with Gasteiger partial charge in [-0.3, -0.25) is 0 Å². The normalized spacial score (nSPS) is 9.27. The Morgan fingerprint density at radius 1 is 1.27 bits per heavy atom. The number of nitroso groups, excluding NO2 is 1. The highest BCUT2D eigenvalue weighted by molar-refractivity contribution is 6.42. The number of nitrogens with one attached hydrogen (secondary N) is 1. The van der Waals surface area contributed by atoms with E-state index < -0.39 is 0 Å². The van der Waals surface area contributed by atoms with Gasteiger partial charge in [-0.1, -0.05) is 23.2 Å². The van der Waals surface area contributed by atoms with Gasteiger partial charge in [-0.25, -0.2) is 5.43 Å². The summed E-state index contributed by atoms with van der Waals surface area (Å²) in [7, 11) is 0. The van der Waals surface area contributed by atoms with Crippen LogP contribution in [0.4, 0.5) is 5.69 Å². The van der Waals surface area contributed by atoms with Crippen LogP contribution in [0.15, 0.2) is 23.5 Å². The SMILES string of the molecule is O=NNc1ccc(Cl)c(Cl)c1. The fourth-order valence-electron chi connectivity index (χ4n) is 0.618. The Labute approximate surface area is 73.3 Å². The smallest absolute Gasteiger partial charge is 0.0613 e. The van der Waals surface area contributed by atoms with Crippen molar-refractivity contribution in [1.82, 2.24) is 0 Å². The average Bonchev–Trinajstić information content (AvgIpc) is 1.98. The minimum absolute atomic E-state index is 0.389. The van der Waals surface area contributed by atoms with Crippen LogP contribution in [0.5, 0.6) is 0 Å². The zero-order valence-electron chi connectivity index (χ0n) is 5.34. The van der Waals surface area contributed by atoms with Crippen LogP contribution in [-0.2, 0) is 0 Å². The van der Waals surface area contributed by atoms with E-state index in [-0.39, 0.29) is 0 Å². The van der Waals surface area contributed by atoms with Crippen molar-refractivity contribution in [3.63, 3.8) is 0 Å². The largest absolute Gasteiger partial charge is 0.242 e. The summed E-state index contributed by atoms with van der Waals surface area (Å²) >= 11 is 11.2. The zero-order chi connectivity index (χ0) is 8.27. The fraction of sp³-hybridized carbons (Fsp3) is 0. The summed E-state index contributed by atoms with van der Waals surface area (Å²) in [5.41, 5.74) is 2.72. The Kier molecular flexibility index (Phi) is 2.68. The molecule has 58 valence electrons. The molecule has 0 aliphatic heterocycles. The highest BCUT2D eigenvalue weighted by Crippen LogP contribution is 2.24. The topological polar surface area (TPSA) is 41.5 Å². The van der Waals surface area contributed by atoms with E-state index in [0.717, 1.165) is 0 Å². The van der Waals surface area contributed by atoms with Crippen LogP contribution < -0.4 is 5.43 Å². The van der Waals surface area contributed by atoms with E-state index in [0.29, 0.717) is 15.7 Å². The van der Waals surface area contributed by atoms with E-state index in [1.54, 1.807) is 12.1 Å². The lowest BCUT2D eigenvalue weighted by atomic mass is 10.3. The highest BCUT2D eigenvalue weighted by atomic mass is 35.5. The maximum absolute atomic E-state index is 9.73. The van der Waals surface area contributed by atoms with Crippen molar-refractivity contribution in [3.05, 3.63) is 33.2 Å². The van der Waals surface area contributed by atoms with Crippen molar-refractivity contribution in [2.24, 2.45) is 5.29 Å². The molecule has 0 amide bonds. The van der Waals surface area contributed by atoms with Crippen molar-refractivity contribution in [1.29, 1.82) is 0 Å². The molecule has 0 spiro atoms. The zero-order valence-corrected chi connectivity index (χ0v) is 6.86. The summed E-state index contributed by atoms with van der Waals surface area (Å²) in [6, 6.07) is 4.71. The van der Waals surface area contributed by atoms with Crippen molar-refractivity contribution >= 4 is 28.9 Å². The van der Waals surface area contributed by atoms with E-state index in [1.807, 2.05) is 0 Å². The lowest BCUT2D eigenvalue weighted by Gasteiger charge is -1.98. The van der Waals surface area contributed by atoms with E-state index in [1.165, 1.54) is 6.07 Å². The van der Waals surface area contributed by atoms with Crippen molar-refractivity contribution in [3.8, 4) is 0 Å². The van der Waals surface area contributed by atoms with Gasteiger partial charge in [0.05, 0.1) is 21.0 Å². The first-order valence-electron chi connectivity index (χ1n) is 2.77. The molecule has 1 aromatic rings. The molecule has 0 atom stereocenters. The molecular weight excluding hydrogens is 187 g/mol. The van der Waals surface area contributed by atoms with Gasteiger partial charge in [0, 0.05) is 0 Å². The van der Waals surface area contributed by atoms with Crippen LogP contribution in [0.3, 0.4) is 0 Å². The Morgan fingerprint density at radius 3 is 2.55 bits per heavy atom. The second-order valence-corrected chi connectivity index (χ2v) is 2.65. The lowest BCUT2D eigenvalue weighted by Crippen LogP contribution is -1.84. The van der Waals surface area contributed by atoms with Gasteiger partial charge in [-0.15, -0.1) is 4.91 Å². The molecule has 1 N–H and O–H groups in total. The Morgan fingerprint density at radius 2 is 2.00 bits per heavy atom. The number of benzene rings is 1. The van der Waals surface area contributed by atoms with E-state index in [9.17, 15) is 4.91 Å². The summed E-state index contributed by atoms with van der Waals surface area (Å²) in [6.07, 6.45) is 0. The average molecular weight is 191 g/mol. The minimum Gasteiger partial charge on any atom is -0.242 e. The second kappa shape index (κ2) is 3.55. The summed E-state index contributed by atoms with van der Waals surface area (Å²) in [6.45, 7) is 0. The molecule has 11 heavy (non-hydrogen) atoms. The van der Waals surface area contributed by atoms with Crippen LogP contribution in [-0.4, -0.2) is 0 Å². The number of nitrogens with zero attached hydrogens (tertiary/aromatic N) is 1. The fourth-order valence-corrected chi connectivity index (χ4v) is 0.916. The third-order valence-corrected chi connectivity index (χ3v) is 1.83. The number of halogens is 2. The van der Waals surface area contributed by atoms with Gasteiger partial charge in [0.25, 0.3) is 0 Å². The Hall–Kier alpha value is -0.800. The summed E-state index contributed by atoms with van der Waals surface area (Å²) in [5.74, 6) is 0. The molecule has 0 saturated carbocycles. The number of anilines is 1. The first kappa shape index (κ1) is 8.30. The van der Waals surface area contributed by atoms with Gasteiger partial charge in [-0.2, -0.15) is 0 Å². The summed E-state index contributed by atoms with van der Waals surface area (Å²) in [5, 5.41) is 3.31.